The number of primary amides is 1. The molecule has 1 fully saturated rings. The van der Waals surface area contributed by atoms with Crippen LogP contribution in [0.3, 0.4) is 0 Å². The smallest absolute Gasteiger partial charge is 0.249 e. The Balaban J connectivity index is 1.82. The van der Waals surface area contributed by atoms with Gasteiger partial charge in [0.1, 0.15) is 0 Å². The molecule has 0 spiro atoms. The Morgan fingerprint density at radius 3 is 3.18 bits per heavy atom. The largest absolute Gasteiger partial charge is 0.377 e. The summed E-state index contributed by atoms with van der Waals surface area (Å²) in [5, 5.41) is 5.23. The van der Waals surface area contributed by atoms with E-state index in [9.17, 15) is 4.79 Å². The summed E-state index contributed by atoms with van der Waals surface area (Å²) in [5.74, 6) is -0.361. The number of nitrogens with one attached hydrogen (secondary N) is 1. The summed E-state index contributed by atoms with van der Waals surface area (Å²) in [6, 6.07) is 2.19. The van der Waals surface area contributed by atoms with Gasteiger partial charge in [-0.2, -0.15) is 0 Å². The fraction of sp³-hybridized carbons (Fsp3) is 0.583. The molecule has 0 bridgehead atoms. The second-order valence-electron chi connectivity index (χ2n) is 4.39. The SMILES string of the molecule is CC(NCc1cc(C(N)=O)cs1)C1CCCO1. The molecule has 2 heterocycles. The van der Waals surface area contributed by atoms with Crippen LogP contribution in [-0.2, 0) is 11.3 Å². The lowest BCUT2D eigenvalue weighted by atomic mass is 10.1. The first-order valence-corrected chi connectivity index (χ1v) is 6.77. The Morgan fingerprint density at radius 2 is 2.59 bits per heavy atom. The van der Waals surface area contributed by atoms with Crippen LogP contribution in [0.15, 0.2) is 11.4 Å². The van der Waals surface area contributed by atoms with E-state index in [1.807, 2.05) is 6.07 Å². The molecular formula is C12H18N2O2S. The summed E-state index contributed by atoms with van der Waals surface area (Å²) in [5.41, 5.74) is 5.80. The van der Waals surface area contributed by atoms with Crippen molar-refractivity contribution in [3.8, 4) is 0 Å². The van der Waals surface area contributed by atoms with Crippen LogP contribution < -0.4 is 11.1 Å². The predicted molar refractivity (Wildman–Crippen MR) is 68.1 cm³/mol. The fourth-order valence-corrected chi connectivity index (χ4v) is 2.82. The van der Waals surface area contributed by atoms with Gasteiger partial charge < -0.3 is 15.8 Å². The van der Waals surface area contributed by atoms with Crippen LogP contribution in [0, 0.1) is 0 Å². The molecule has 1 aromatic heterocycles. The number of thiophene rings is 1. The summed E-state index contributed by atoms with van der Waals surface area (Å²) in [6.45, 7) is 3.78. The third-order valence-electron chi connectivity index (χ3n) is 3.06. The molecule has 1 aliphatic heterocycles. The van der Waals surface area contributed by atoms with E-state index in [1.165, 1.54) is 0 Å². The van der Waals surface area contributed by atoms with Crippen LogP contribution >= 0.6 is 11.3 Å². The van der Waals surface area contributed by atoms with E-state index in [2.05, 4.69) is 12.2 Å². The van der Waals surface area contributed by atoms with Gasteiger partial charge in [-0.05, 0) is 25.8 Å². The minimum absolute atomic E-state index is 0.325. The number of ether oxygens (including phenoxy) is 1. The average molecular weight is 254 g/mol. The van der Waals surface area contributed by atoms with Crippen LogP contribution in [0.4, 0.5) is 0 Å². The maximum absolute atomic E-state index is 11.0. The molecular weight excluding hydrogens is 236 g/mol. The minimum atomic E-state index is -0.361. The summed E-state index contributed by atoms with van der Waals surface area (Å²) in [7, 11) is 0. The third-order valence-corrected chi connectivity index (χ3v) is 4.00. The van der Waals surface area contributed by atoms with Gasteiger partial charge in [-0.25, -0.2) is 0 Å². The van der Waals surface area contributed by atoms with Crippen molar-refractivity contribution >= 4 is 17.2 Å². The van der Waals surface area contributed by atoms with Crippen molar-refractivity contribution in [2.24, 2.45) is 5.73 Å². The van der Waals surface area contributed by atoms with E-state index in [-0.39, 0.29) is 5.91 Å². The second kappa shape index (κ2) is 5.62. The Kier molecular flexibility index (Phi) is 4.15. The van der Waals surface area contributed by atoms with Crippen molar-refractivity contribution in [1.82, 2.24) is 5.32 Å². The number of hydrogen-bond donors (Lipinski definition) is 2. The van der Waals surface area contributed by atoms with E-state index in [1.54, 1.807) is 16.7 Å². The summed E-state index contributed by atoms with van der Waals surface area (Å²) >= 11 is 1.56. The summed E-state index contributed by atoms with van der Waals surface area (Å²) < 4.78 is 5.61. The number of rotatable bonds is 5. The van der Waals surface area contributed by atoms with E-state index in [0.717, 1.165) is 30.9 Å². The van der Waals surface area contributed by atoms with Crippen molar-refractivity contribution in [2.75, 3.05) is 6.61 Å². The van der Waals surface area contributed by atoms with E-state index < -0.39 is 0 Å². The lowest BCUT2D eigenvalue weighted by Gasteiger charge is -2.19. The second-order valence-corrected chi connectivity index (χ2v) is 5.38. The molecule has 94 valence electrons. The van der Waals surface area contributed by atoms with Gasteiger partial charge in [-0.3, -0.25) is 4.79 Å². The topological polar surface area (TPSA) is 64.3 Å². The minimum Gasteiger partial charge on any atom is -0.377 e. The maximum atomic E-state index is 11.0. The highest BCUT2D eigenvalue weighted by Gasteiger charge is 2.21. The molecule has 0 radical (unpaired) electrons. The first-order chi connectivity index (χ1) is 8.16. The molecule has 4 nitrogen and oxygen atoms in total. The highest BCUT2D eigenvalue weighted by Crippen LogP contribution is 2.17. The standard InChI is InChI=1S/C12H18N2O2S/c1-8(11-3-2-4-16-11)14-6-10-5-9(7-17-10)12(13)15/h5,7-8,11,14H,2-4,6H2,1H3,(H2,13,15). The van der Waals surface area contributed by atoms with Crippen molar-refractivity contribution in [2.45, 2.75) is 38.5 Å². The Labute approximate surface area is 105 Å². The number of hydrogen-bond acceptors (Lipinski definition) is 4. The van der Waals surface area contributed by atoms with Crippen LogP contribution in [0.25, 0.3) is 0 Å². The molecule has 17 heavy (non-hydrogen) atoms. The van der Waals surface area contributed by atoms with Crippen molar-refractivity contribution < 1.29 is 9.53 Å². The van der Waals surface area contributed by atoms with Gasteiger partial charge in [-0.1, -0.05) is 0 Å². The van der Waals surface area contributed by atoms with Gasteiger partial charge in [0.05, 0.1) is 11.7 Å². The van der Waals surface area contributed by atoms with Crippen LogP contribution in [0.2, 0.25) is 0 Å². The highest BCUT2D eigenvalue weighted by atomic mass is 32.1. The van der Waals surface area contributed by atoms with Gasteiger partial charge in [0.25, 0.3) is 0 Å². The monoisotopic (exact) mass is 254 g/mol. The van der Waals surface area contributed by atoms with E-state index in [4.69, 9.17) is 10.5 Å². The van der Waals surface area contributed by atoms with Crippen molar-refractivity contribution in [1.29, 1.82) is 0 Å². The molecule has 5 heteroatoms. The molecule has 2 unspecified atom stereocenters. The molecule has 2 rings (SSSR count). The van der Waals surface area contributed by atoms with E-state index in [0.29, 0.717) is 17.7 Å². The molecule has 1 amide bonds. The van der Waals surface area contributed by atoms with Gasteiger partial charge in [0, 0.05) is 29.5 Å². The lowest BCUT2D eigenvalue weighted by molar-refractivity contribution is 0.0833. The predicted octanol–water partition coefficient (Wildman–Crippen LogP) is 1.50. The Morgan fingerprint density at radius 1 is 1.76 bits per heavy atom. The molecule has 1 aliphatic rings. The zero-order valence-electron chi connectivity index (χ0n) is 9.94. The molecule has 1 saturated heterocycles. The Hall–Kier alpha value is -0.910. The highest BCUT2D eigenvalue weighted by molar-refractivity contribution is 7.10. The molecule has 0 aliphatic carbocycles. The van der Waals surface area contributed by atoms with Gasteiger partial charge in [0.15, 0.2) is 0 Å². The van der Waals surface area contributed by atoms with Crippen LogP contribution in [0.1, 0.15) is 35.0 Å². The normalized spacial score (nSPS) is 21.6. The number of amides is 1. The van der Waals surface area contributed by atoms with Crippen molar-refractivity contribution in [3.63, 3.8) is 0 Å². The lowest BCUT2D eigenvalue weighted by Crippen LogP contribution is -2.36. The van der Waals surface area contributed by atoms with Gasteiger partial charge in [0.2, 0.25) is 5.91 Å². The van der Waals surface area contributed by atoms with E-state index >= 15 is 0 Å². The number of nitrogens with two attached hydrogens (primary N) is 1. The molecule has 0 aromatic carbocycles. The molecule has 3 N–H and O–H groups in total. The molecule has 0 saturated carbocycles. The molecule has 1 aromatic rings. The zero-order valence-corrected chi connectivity index (χ0v) is 10.8. The van der Waals surface area contributed by atoms with Crippen LogP contribution in [0.5, 0.6) is 0 Å². The third kappa shape index (κ3) is 3.28. The average Bonchev–Trinajstić information content (AvgIpc) is 2.97. The van der Waals surface area contributed by atoms with Crippen LogP contribution in [-0.4, -0.2) is 24.7 Å². The first-order valence-electron chi connectivity index (χ1n) is 5.89. The molecule has 2 atom stereocenters. The first kappa shape index (κ1) is 12.5. The van der Waals surface area contributed by atoms with Gasteiger partial charge in [-0.15, -0.1) is 11.3 Å². The maximum Gasteiger partial charge on any atom is 0.249 e. The van der Waals surface area contributed by atoms with Crippen molar-refractivity contribution in [3.05, 3.63) is 21.9 Å². The zero-order chi connectivity index (χ0) is 12.3. The van der Waals surface area contributed by atoms with Gasteiger partial charge >= 0.3 is 0 Å². The number of carbonyl (C=O) groups is 1. The number of carbonyl (C=O) groups excluding carboxylic acids is 1. The summed E-state index contributed by atoms with van der Waals surface area (Å²) in [4.78, 5) is 12.1. The Bertz CT molecular complexity index is 386. The fourth-order valence-electron chi connectivity index (χ4n) is 1.99. The quantitative estimate of drug-likeness (QED) is 0.837. The summed E-state index contributed by atoms with van der Waals surface area (Å²) in [6.07, 6.45) is 2.61.